The number of hydrogen-bond donors (Lipinski definition) is 1. The number of ether oxygens (including phenoxy) is 1. The van der Waals surface area contributed by atoms with Gasteiger partial charge in [-0.1, -0.05) is 55.5 Å². The maximum Gasteiger partial charge on any atom is 0.127 e. The smallest absolute Gasteiger partial charge is 0.127 e. The van der Waals surface area contributed by atoms with Gasteiger partial charge in [0.25, 0.3) is 0 Å². The third-order valence-corrected chi connectivity index (χ3v) is 4.05. The molecule has 0 radical (unpaired) electrons. The predicted molar refractivity (Wildman–Crippen MR) is 87.6 cm³/mol. The summed E-state index contributed by atoms with van der Waals surface area (Å²) in [6.07, 6.45) is 2.67. The molecule has 0 aromatic heterocycles. The quantitative estimate of drug-likeness (QED) is 0.824. The molecule has 0 spiro atoms. The Kier molecular flexibility index (Phi) is 4.56. The lowest BCUT2D eigenvalue weighted by molar-refractivity contribution is 0.252. The Labute approximate surface area is 127 Å². The number of nitrogens with one attached hydrogen (secondary N) is 1. The van der Waals surface area contributed by atoms with Gasteiger partial charge < -0.3 is 10.1 Å². The Morgan fingerprint density at radius 1 is 1.05 bits per heavy atom. The molecule has 1 atom stereocenters. The lowest BCUT2D eigenvalue weighted by Crippen LogP contribution is -2.36. The average molecular weight is 281 g/mol. The van der Waals surface area contributed by atoms with Crippen molar-refractivity contribution in [2.45, 2.75) is 25.8 Å². The Hall–Kier alpha value is -1.80. The van der Waals surface area contributed by atoms with E-state index < -0.39 is 0 Å². The summed E-state index contributed by atoms with van der Waals surface area (Å²) in [7, 11) is 0. The molecule has 1 saturated carbocycles. The molecule has 110 valence electrons. The monoisotopic (exact) mass is 281 g/mol. The van der Waals surface area contributed by atoms with Gasteiger partial charge >= 0.3 is 0 Å². The first-order valence-electron chi connectivity index (χ1n) is 7.89. The van der Waals surface area contributed by atoms with E-state index in [2.05, 4.69) is 54.7 Å². The minimum atomic E-state index is 0.485. The summed E-state index contributed by atoms with van der Waals surface area (Å²) in [6.45, 7) is 3.92. The molecule has 2 aromatic rings. The number of rotatable bonds is 7. The van der Waals surface area contributed by atoms with Crippen LogP contribution in [0.3, 0.4) is 0 Å². The Bertz CT molecular complexity index is 563. The number of hydrogen-bond acceptors (Lipinski definition) is 2. The van der Waals surface area contributed by atoms with Gasteiger partial charge in [0.2, 0.25) is 0 Å². The van der Waals surface area contributed by atoms with Gasteiger partial charge in [-0.3, -0.25) is 0 Å². The zero-order chi connectivity index (χ0) is 14.5. The molecular formula is C19H23NO. The van der Waals surface area contributed by atoms with E-state index in [0.29, 0.717) is 6.04 Å². The van der Waals surface area contributed by atoms with Crippen LogP contribution in [0.1, 0.15) is 19.8 Å². The van der Waals surface area contributed by atoms with E-state index in [4.69, 9.17) is 4.74 Å². The van der Waals surface area contributed by atoms with Crippen LogP contribution in [0.25, 0.3) is 11.1 Å². The van der Waals surface area contributed by atoms with Crippen LogP contribution < -0.4 is 10.1 Å². The second-order valence-electron chi connectivity index (χ2n) is 5.67. The highest BCUT2D eigenvalue weighted by molar-refractivity contribution is 5.70. The zero-order valence-electron chi connectivity index (χ0n) is 12.6. The Morgan fingerprint density at radius 2 is 1.76 bits per heavy atom. The zero-order valence-corrected chi connectivity index (χ0v) is 12.6. The van der Waals surface area contributed by atoms with Crippen LogP contribution in [0.2, 0.25) is 0 Å². The maximum atomic E-state index is 6.15. The SMILES string of the molecule is CCNC(COc1ccccc1-c1ccccc1)C1CC1. The van der Waals surface area contributed by atoms with Crippen molar-refractivity contribution in [3.05, 3.63) is 54.6 Å². The van der Waals surface area contributed by atoms with Gasteiger partial charge in [-0.15, -0.1) is 0 Å². The van der Waals surface area contributed by atoms with Crippen LogP contribution in [0.4, 0.5) is 0 Å². The van der Waals surface area contributed by atoms with E-state index in [1.54, 1.807) is 0 Å². The van der Waals surface area contributed by atoms with Gasteiger partial charge in [0.1, 0.15) is 12.4 Å². The van der Waals surface area contributed by atoms with Crippen LogP contribution in [-0.2, 0) is 0 Å². The molecule has 21 heavy (non-hydrogen) atoms. The van der Waals surface area contributed by atoms with Crippen LogP contribution in [0.15, 0.2) is 54.6 Å². The van der Waals surface area contributed by atoms with Gasteiger partial charge in [0.05, 0.1) is 0 Å². The molecule has 2 heteroatoms. The maximum absolute atomic E-state index is 6.15. The van der Waals surface area contributed by atoms with E-state index in [9.17, 15) is 0 Å². The fraction of sp³-hybridized carbons (Fsp3) is 0.368. The van der Waals surface area contributed by atoms with Crippen LogP contribution >= 0.6 is 0 Å². The van der Waals surface area contributed by atoms with Crippen molar-refractivity contribution in [2.75, 3.05) is 13.2 Å². The molecule has 3 rings (SSSR count). The van der Waals surface area contributed by atoms with E-state index in [1.807, 2.05) is 12.1 Å². The summed E-state index contributed by atoms with van der Waals surface area (Å²) in [6, 6.07) is 19.2. The van der Waals surface area contributed by atoms with Crippen molar-refractivity contribution in [3.8, 4) is 16.9 Å². The lowest BCUT2D eigenvalue weighted by Gasteiger charge is -2.19. The van der Waals surface area contributed by atoms with Crippen molar-refractivity contribution >= 4 is 0 Å². The van der Waals surface area contributed by atoms with Gasteiger partial charge in [-0.25, -0.2) is 0 Å². The molecule has 1 N–H and O–H groups in total. The van der Waals surface area contributed by atoms with E-state index in [0.717, 1.165) is 24.8 Å². The van der Waals surface area contributed by atoms with Gasteiger partial charge in [0, 0.05) is 11.6 Å². The lowest BCUT2D eigenvalue weighted by atomic mass is 10.0. The normalized spacial score (nSPS) is 15.7. The first kappa shape index (κ1) is 14.2. The molecule has 0 aliphatic heterocycles. The van der Waals surface area contributed by atoms with Gasteiger partial charge in [-0.2, -0.15) is 0 Å². The average Bonchev–Trinajstić information content (AvgIpc) is 3.37. The van der Waals surface area contributed by atoms with Crippen LogP contribution in [0.5, 0.6) is 5.75 Å². The summed E-state index contributed by atoms with van der Waals surface area (Å²) >= 11 is 0. The summed E-state index contributed by atoms with van der Waals surface area (Å²) in [5.74, 6) is 1.78. The third kappa shape index (κ3) is 3.64. The Morgan fingerprint density at radius 3 is 2.48 bits per heavy atom. The van der Waals surface area contributed by atoms with E-state index in [1.165, 1.54) is 24.0 Å². The topological polar surface area (TPSA) is 21.3 Å². The fourth-order valence-electron chi connectivity index (χ4n) is 2.75. The first-order valence-corrected chi connectivity index (χ1v) is 7.89. The van der Waals surface area contributed by atoms with Crippen LogP contribution in [-0.4, -0.2) is 19.2 Å². The highest BCUT2D eigenvalue weighted by Gasteiger charge is 2.31. The minimum Gasteiger partial charge on any atom is -0.491 e. The molecule has 2 nitrogen and oxygen atoms in total. The summed E-state index contributed by atoms with van der Waals surface area (Å²) < 4.78 is 6.15. The van der Waals surface area contributed by atoms with Crippen molar-refractivity contribution in [1.29, 1.82) is 0 Å². The first-order chi connectivity index (χ1) is 10.4. The second-order valence-corrected chi connectivity index (χ2v) is 5.67. The summed E-state index contributed by atoms with van der Waals surface area (Å²) in [4.78, 5) is 0. The molecular weight excluding hydrogens is 258 g/mol. The standard InChI is InChI=1S/C19H23NO/c1-2-20-18(16-12-13-16)14-21-19-11-7-6-10-17(19)15-8-4-3-5-9-15/h3-11,16,18,20H,2,12-14H2,1H3. The third-order valence-electron chi connectivity index (χ3n) is 4.05. The largest absolute Gasteiger partial charge is 0.491 e. The Balaban J connectivity index is 1.73. The molecule has 2 aromatic carbocycles. The molecule has 1 aliphatic carbocycles. The van der Waals surface area contributed by atoms with Gasteiger partial charge in [-0.05, 0) is 36.9 Å². The summed E-state index contributed by atoms with van der Waals surface area (Å²) in [5, 5.41) is 3.55. The van der Waals surface area contributed by atoms with Crippen molar-refractivity contribution < 1.29 is 4.74 Å². The van der Waals surface area contributed by atoms with Crippen molar-refractivity contribution in [1.82, 2.24) is 5.32 Å². The minimum absolute atomic E-state index is 0.485. The molecule has 0 heterocycles. The van der Waals surface area contributed by atoms with Gasteiger partial charge in [0.15, 0.2) is 0 Å². The van der Waals surface area contributed by atoms with E-state index in [-0.39, 0.29) is 0 Å². The summed E-state index contributed by atoms with van der Waals surface area (Å²) in [5.41, 5.74) is 2.38. The fourth-order valence-corrected chi connectivity index (χ4v) is 2.75. The number of benzene rings is 2. The molecule has 1 aliphatic rings. The molecule has 1 fully saturated rings. The second kappa shape index (κ2) is 6.77. The molecule has 1 unspecified atom stereocenters. The number of para-hydroxylation sites is 1. The molecule has 0 saturated heterocycles. The highest BCUT2D eigenvalue weighted by atomic mass is 16.5. The molecule has 0 bridgehead atoms. The van der Waals surface area contributed by atoms with Crippen LogP contribution in [0, 0.1) is 5.92 Å². The van der Waals surface area contributed by atoms with Crippen molar-refractivity contribution in [2.24, 2.45) is 5.92 Å². The highest BCUT2D eigenvalue weighted by Crippen LogP contribution is 2.34. The van der Waals surface area contributed by atoms with E-state index >= 15 is 0 Å². The molecule has 0 amide bonds. The predicted octanol–water partition coefficient (Wildman–Crippen LogP) is 4.12. The van der Waals surface area contributed by atoms with Crippen molar-refractivity contribution in [3.63, 3.8) is 0 Å². The number of likely N-dealkylation sites (N-methyl/N-ethyl adjacent to an activating group) is 1.